The molecule has 1 amide bonds. The van der Waals surface area contributed by atoms with Gasteiger partial charge in [-0.15, -0.1) is 11.8 Å². The van der Waals surface area contributed by atoms with Gasteiger partial charge in [0.05, 0.1) is 10.6 Å². The van der Waals surface area contributed by atoms with E-state index in [1.165, 1.54) is 12.1 Å². The van der Waals surface area contributed by atoms with Crippen molar-refractivity contribution in [2.24, 2.45) is 0 Å². The molecular weight excluding hydrogens is 229 g/mol. The molecule has 1 aromatic carbocycles. The van der Waals surface area contributed by atoms with E-state index in [9.17, 15) is 9.18 Å². The van der Waals surface area contributed by atoms with Crippen molar-refractivity contribution in [3.05, 3.63) is 34.6 Å². The summed E-state index contributed by atoms with van der Waals surface area (Å²) in [5, 5.41) is 2.76. The molecule has 0 saturated heterocycles. The lowest BCUT2D eigenvalue weighted by Crippen LogP contribution is -2.24. The quantitative estimate of drug-likeness (QED) is 0.638. The minimum absolute atomic E-state index is 0.110. The maximum absolute atomic E-state index is 12.7. The van der Waals surface area contributed by atoms with Crippen molar-refractivity contribution in [2.75, 3.05) is 6.54 Å². The second kappa shape index (κ2) is 6.14. The molecule has 1 aromatic rings. The Morgan fingerprint density at radius 3 is 2.94 bits per heavy atom. The van der Waals surface area contributed by atoms with E-state index in [2.05, 4.69) is 17.2 Å². The van der Waals surface area contributed by atoms with Gasteiger partial charge in [0.1, 0.15) is 5.82 Å². The maximum Gasteiger partial charge on any atom is 0.252 e. The number of carbonyl (C=O) groups excluding carboxylic acids is 1. The summed E-state index contributed by atoms with van der Waals surface area (Å²) in [6, 6.07) is 3.67. The molecule has 0 saturated carbocycles. The molecule has 2 nitrogen and oxygen atoms in total. The van der Waals surface area contributed by atoms with Crippen LogP contribution in [0.1, 0.15) is 23.7 Å². The van der Waals surface area contributed by atoms with Gasteiger partial charge >= 0.3 is 0 Å². The highest BCUT2D eigenvalue weighted by Crippen LogP contribution is 2.16. The fourth-order valence-electron chi connectivity index (χ4n) is 1.13. The van der Waals surface area contributed by atoms with Gasteiger partial charge in [-0.25, -0.2) is 4.39 Å². The highest BCUT2D eigenvalue weighted by Gasteiger charge is 2.09. The van der Waals surface area contributed by atoms with Gasteiger partial charge < -0.3 is 5.32 Å². The molecular formula is C12H11ClFNO. The Hall–Kier alpha value is -1.53. The maximum atomic E-state index is 12.7. The Kier molecular flexibility index (Phi) is 4.81. The van der Waals surface area contributed by atoms with Gasteiger partial charge in [-0.2, -0.15) is 0 Å². The van der Waals surface area contributed by atoms with Crippen LogP contribution in [0, 0.1) is 17.7 Å². The molecule has 0 unspecified atom stereocenters. The number of rotatable bonds is 3. The molecule has 1 rings (SSSR count). The van der Waals surface area contributed by atoms with Gasteiger partial charge in [-0.1, -0.05) is 11.6 Å². The number of amides is 1. The SMILES string of the molecule is CC#CCCNC(=O)c1ccc(F)cc1Cl. The summed E-state index contributed by atoms with van der Waals surface area (Å²) >= 11 is 5.74. The molecule has 1 N–H and O–H groups in total. The van der Waals surface area contributed by atoms with Crippen molar-refractivity contribution in [1.82, 2.24) is 5.32 Å². The summed E-state index contributed by atoms with van der Waals surface area (Å²) in [5.41, 5.74) is 0.271. The third-order valence-electron chi connectivity index (χ3n) is 1.89. The van der Waals surface area contributed by atoms with Gasteiger partial charge in [0, 0.05) is 13.0 Å². The number of nitrogens with one attached hydrogen (secondary N) is 1. The smallest absolute Gasteiger partial charge is 0.252 e. The van der Waals surface area contributed by atoms with Crippen LogP contribution < -0.4 is 5.32 Å². The fourth-order valence-corrected chi connectivity index (χ4v) is 1.39. The molecule has 0 aromatic heterocycles. The van der Waals surface area contributed by atoms with Crippen LogP contribution in [0.2, 0.25) is 5.02 Å². The van der Waals surface area contributed by atoms with Crippen LogP contribution in [0.3, 0.4) is 0 Å². The molecule has 0 bridgehead atoms. The molecule has 0 fully saturated rings. The Balaban J connectivity index is 2.61. The Morgan fingerprint density at radius 2 is 2.31 bits per heavy atom. The molecule has 0 spiro atoms. The summed E-state index contributed by atoms with van der Waals surface area (Å²) in [6.45, 7) is 2.19. The highest BCUT2D eigenvalue weighted by atomic mass is 35.5. The first-order valence-corrected chi connectivity index (χ1v) is 5.16. The predicted molar refractivity (Wildman–Crippen MR) is 61.8 cm³/mol. The molecule has 0 heterocycles. The van der Waals surface area contributed by atoms with E-state index >= 15 is 0 Å². The molecule has 16 heavy (non-hydrogen) atoms. The third kappa shape index (κ3) is 3.56. The van der Waals surface area contributed by atoms with Crippen molar-refractivity contribution in [1.29, 1.82) is 0 Å². The second-order valence-electron chi connectivity index (χ2n) is 3.06. The monoisotopic (exact) mass is 239 g/mol. The van der Waals surface area contributed by atoms with Crippen LogP contribution in [0.25, 0.3) is 0 Å². The van der Waals surface area contributed by atoms with Gasteiger partial charge in [0.15, 0.2) is 0 Å². The van der Waals surface area contributed by atoms with E-state index in [4.69, 9.17) is 11.6 Å². The summed E-state index contributed by atoms with van der Waals surface area (Å²) in [6.07, 6.45) is 0.584. The van der Waals surface area contributed by atoms with E-state index in [1.54, 1.807) is 6.92 Å². The van der Waals surface area contributed by atoms with E-state index in [-0.39, 0.29) is 16.5 Å². The molecule has 4 heteroatoms. The summed E-state index contributed by atoms with van der Waals surface area (Å²) in [7, 11) is 0. The van der Waals surface area contributed by atoms with Crippen molar-refractivity contribution in [3.8, 4) is 11.8 Å². The molecule has 0 aliphatic rings. The number of halogens is 2. The number of hydrogen-bond donors (Lipinski definition) is 1. The molecule has 0 aliphatic heterocycles. The van der Waals surface area contributed by atoms with E-state index in [0.29, 0.717) is 13.0 Å². The summed E-state index contributed by atoms with van der Waals surface area (Å²) in [5.74, 6) is 4.77. The fraction of sp³-hybridized carbons (Fsp3) is 0.250. The first-order chi connectivity index (χ1) is 7.65. The van der Waals surface area contributed by atoms with Crippen LogP contribution >= 0.6 is 11.6 Å². The van der Waals surface area contributed by atoms with Crippen LogP contribution in [-0.4, -0.2) is 12.5 Å². The summed E-state index contributed by atoms with van der Waals surface area (Å²) < 4.78 is 12.7. The van der Waals surface area contributed by atoms with Crippen LogP contribution in [0.4, 0.5) is 4.39 Å². The van der Waals surface area contributed by atoms with Crippen molar-refractivity contribution >= 4 is 17.5 Å². The average molecular weight is 240 g/mol. The first-order valence-electron chi connectivity index (χ1n) is 4.78. The average Bonchev–Trinajstić information content (AvgIpc) is 2.24. The van der Waals surface area contributed by atoms with Crippen LogP contribution in [0.15, 0.2) is 18.2 Å². The largest absolute Gasteiger partial charge is 0.351 e. The standard InChI is InChI=1S/C12H11ClFNO/c1-2-3-4-7-15-12(16)10-6-5-9(14)8-11(10)13/h5-6,8H,4,7H2,1H3,(H,15,16). The first kappa shape index (κ1) is 12.5. The minimum atomic E-state index is -0.460. The van der Waals surface area contributed by atoms with Crippen molar-refractivity contribution < 1.29 is 9.18 Å². The molecule has 0 atom stereocenters. The Morgan fingerprint density at radius 1 is 1.56 bits per heavy atom. The molecule has 0 radical (unpaired) electrons. The van der Waals surface area contributed by atoms with E-state index < -0.39 is 5.82 Å². The topological polar surface area (TPSA) is 29.1 Å². The lowest BCUT2D eigenvalue weighted by molar-refractivity contribution is 0.0954. The van der Waals surface area contributed by atoms with Crippen LogP contribution in [0.5, 0.6) is 0 Å². The Labute approximate surface area is 98.8 Å². The van der Waals surface area contributed by atoms with Crippen LogP contribution in [-0.2, 0) is 0 Å². The Bertz CT molecular complexity index is 448. The third-order valence-corrected chi connectivity index (χ3v) is 2.20. The summed E-state index contributed by atoms with van der Waals surface area (Å²) in [4.78, 5) is 11.6. The van der Waals surface area contributed by atoms with Gasteiger partial charge in [-0.05, 0) is 25.1 Å². The minimum Gasteiger partial charge on any atom is -0.351 e. The van der Waals surface area contributed by atoms with Gasteiger partial charge in [0.2, 0.25) is 0 Å². The normalized spacial score (nSPS) is 9.19. The number of benzene rings is 1. The van der Waals surface area contributed by atoms with Gasteiger partial charge in [-0.3, -0.25) is 4.79 Å². The lowest BCUT2D eigenvalue weighted by atomic mass is 10.2. The number of hydrogen-bond acceptors (Lipinski definition) is 1. The van der Waals surface area contributed by atoms with Gasteiger partial charge in [0.25, 0.3) is 5.91 Å². The van der Waals surface area contributed by atoms with Crippen molar-refractivity contribution in [2.45, 2.75) is 13.3 Å². The lowest BCUT2D eigenvalue weighted by Gasteiger charge is -2.04. The van der Waals surface area contributed by atoms with E-state index in [1.807, 2.05) is 0 Å². The number of carbonyl (C=O) groups is 1. The zero-order chi connectivity index (χ0) is 12.0. The molecule has 84 valence electrons. The highest BCUT2D eigenvalue weighted by molar-refractivity contribution is 6.33. The van der Waals surface area contributed by atoms with E-state index in [0.717, 1.165) is 6.07 Å². The predicted octanol–water partition coefficient (Wildman–Crippen LogP) is 2.62. The second-order valence-corrected chi connectivity index (χ2v) is 3.46. The molecule has 0 aliphatic carbocycles. The van der Waals surface area contributed by atoms with Crippen molar-refractivity contribution in [3.63, 3.8) is 0 Å². The zero-order valence-electron chi connectivity index (χ0n) is 8.81. The zero-order valence-corrected chi connectivity index (χ0v) is 9.57.